The molecule has 1 aliphatic heterocycles. The number of likely N-dealkylation sites (tertiary alicyclic amines) is 1. The van der Waals surface area contributed by atoms with Gasteiger partial charge in [-0.15, -0.1) is 0 Å². The lowest BCUT2D eigenvalue weighted by atomic mass is 9.87. The van der Waals surface area contributed by atoms with Crippen LogP contribution in [-0.4, -0.2) is 31.8 Å². The second-order valence-electron chi connectivity index (χ2n) is 9.93. The highest BCUT2D eigenvalue weighted by molar-refractivity contribution is 5.78. The number of aromatic nitrogens is 3. The van der Waals surface area contributed by atoms with Crippen LogP contribution in [0.5, 0.6) is 5.75 Å². The van der Waals surface area contributed by atoms with Crippen LogP contribution in [-0.2, 0) is 18.6 Å². The number of nitrogens with two attached hydrogens (primary N) is 1. The third-order valence-corrected chi connectivity index (χ3v) is 7.51. The van der Waals surface area contributed by atoms with E-state index in [1.54, 1.807) is 29.4 Å². The summed E-state index contributed by atoms with van der Waals surface area (Å²) in [5, 5.41) is 0. The number of amides is 2. The molecule has 5 aromatic rings. The predicted molar refractivity (Wildman–Crippen MR) is 146 cm³/mol. The second kappa shape index (κ2) is 10.4. The maximum Gasteiger partial charge on any atom is 0.315 e. The van der Waals surface area contributed by atoms with Crippen LogP contribution in [0.1, 0.15) is 29.8 Å². The molecular formula is C31H27F2N5O2. The maximum atomic E-state index is 14.0. The number of benzene rings is 3. The van der Waals surface area contributed by atoms with Gasteiger partial charge in [-0.2, -0.15) is 0 Å². The zero-order valence-corrected chi connectivity index (χ0v) is 21.6. The molecule has 2 aromatic heterocycles. The van der Waals surface area contributed by atoms with Crippen LogP contribution in [0.2, 0.25) is 0 Å². The van der Waals surface area contributed by atoms with Crippen molar-refractivity contribution in [1.29, 1.82) is 0 Å². The van der Waals surface area contributed by atoms with Crippen LogP contribution < -0.4 is 10.5 Å². The van der Waals surface area contributed by atoms with Gasteiger partial charge in [-0.1, -0.05) is 42.5 Å². The molecule has 1 saturated heterocycles. The summed E-state index contributed by atoms with van der Waals surface area (Å²) in [5.41, 5.74) is 8.71. The van der Waals surface area contributed by atoms with E-state index in [0.29, 0.717) is 24.4 Å². The first-order valence-corrected chi connectivity index (χ1v) is 13.1. The Labute approximate surface area is 229 Å². The number of fused-ring (bicyclic) bond motifs is 1. The molecule has 3 heterocycles. The minimum absolute atomic E-state index is 0.102. The first-order valence-electron chi connectivity index (χ1n) is 13.1. The van der Waals surface area contributed by atoms with Gasteiger partial charge in [-0.25, -0.2) is 18.6 Å². The maximum absolute atomic E-state index is 14.0. The lowest BCUT2D eigenvalue weighted by Gasteiger charge is -2.36. The number of carbonyl (C=O) groups is 1. The van der Waals surface area contributed by atoms with Gasteiger partial charge in [0.15, 0.2) is 11.6 Å². The van der Waals surface area contributed by atoms with Crippen molar-refractivity contribution in [2.45, 2.75) is 31.4 Å². The van der Waals surface area contributed by atoms with Crippen LogP contribution >= 0.6 is 0 Å². The average molecular weight is 540 g/mol. The minimum Gasteiger partial charge on any atom is -0.489 e. The summed E-state index contributed by atoms with van der Waals surface area (Å²) in [5.74, 6) is -0.591. The molecular weight excluding hydrogens is 512 g/mol. The van der Waals surface area contributed by atoms with E-state index in [1.807, 2.05) is 53.1 Å². The van der Waals surface area contributed by atoms with Crippen LogP contribution in [0.3, 0.4) is 0 Å². The Morgan fingerprint density at radius 1 is 1.02 bits per heavy atom. The largest absolute Gasteiger partial charge is 0.489 e. The molecule has 2 amide bonds. The van der Waals surface area contributed by atoms with E-state index in [2.05, 4.69) is 4.98 Å². The quantitative estimate of drug-likeness (QED) is 0.281. The molecule has 3 aromatic carbocycles. The standard InChI is InChI=1S/C31H27F2N5O2/c32-25-9-4-8-23(27(25)33)20-40-24-12-10-22(11-13-24)28-26-19-35-15-17-37(26)29(36-28)31(14-5-16-38(31)30(34)39)18-21-6-2-1-3-7-21/h1-4,6-13,15,17,19H,5,14,16,18,20H2,(H2,34,39)/t31-/m0/s1. The number of urea groups is 1. The summed E-state index contributed by atoms with van der Waals surface area (Å²) < 4.78 is 35.2. The van der Waals surface area contributed by atoms with Gasteiger partial charge in [0.25, 0.3) is 0 Å². The summed E-state index contributed by atoms with van der Waals surface area (Å²) in [6.07, 6.45) is 7.41. The summed E-state index contributed by atoms with van der Waals surface area (Å²) in [6, 6.07) is 20.8. The molecule has 0 saturated carbocycles. The fourth-order valence-corrected chi connectivity index (χ4v) is 5.64. The lowest BCUT2D eigenvalue weighted by Crippen LogP contribution is -2.50. The van der Waals surface area contributed by atoms with Gasteiger partial charge in [-0.3, -0.25) is 9.38 Å². The van der Waals surface area contributed by atoms with Crippen molar-refractivity contribution in [3.63, 3.8) is 0 Å². The number of hydrogen-bond acceptors (Lipinski definition) is 4. The van der Waals surface area contributed by atoms with Gasteiger partial charge in [-0.05, 0) is 48.7 Å². The Kier molecular flexibility index (Phi) is 6.63. The molecule has 2 N–H and O–H groups in total. The molecule has 0 radical (unpaired) electrons. The van der Waals surface area contributed by atoms with Crippen molar-refractivity contribution in [3.05, 3.63) is 120 Å². The topological polar surface area (TPSA) is 85.8 Å². The average Bonchev–Trinajstić information content (AvgIpc) is 3.58. The Morgan fingerprint density at radius 3 is 2.60 bits per heavy atom. The number of halogens is 2. The number of imidazole rings is 1. The molecule has 1 fully saturated rings. The molecule has 0 unspecified atom stereocenters. The molecule has 0 bridgehead atoms. The van der Waals surface area contributed by atoms with E-state index >= 15 is 0 Å². The highest BCUT2D eigenvalue weighted by atomic mass is 19.2. The predicted octanol–water partition coefficient (Wildman–Crippen LogP) is 5.87. The lowest BCUT2D eigenvalue weighted by molar-refractivity contribution is 0.145. The van der Waals surface area contributed by atoms with Crippen LogP contribution in [0.25, 0.3) is 16.8 Å². The zero-order valence-electron chi connectivity index (χ0n) is 21.6. The van der Waals surface area contributed by atoms with Crippen molar-refractivity contribution >= 4 is 11.5 Å². The van der Waals surface area contributed by atoms with Crippen molar-refractivity contribution in [1.82, 2.24) is 19.3 Å². The highest BCUT2D eigenvalue weighted by Gasteiger charge is 2.48. The Bertz CT molecular complexity index is 1670. The SMILES string of the molecule is NC(=O)N1CCC[C@]1(Cc1ccccc1)c1nc(-c2ccc(OCc3cccc(F)c3F)cc2)c2cnccn12. The molecule has 7 nitrogen and oxygen atoms in total. The minimum atomic E-state index is -0.912. The van der Waals surface area contributed by atoms with E-state index in [4.69, 9.17) is 15.5 Å². The first-order chi connectivity index (χ1) is 19.5. The fourth-order valence-electron chi connectivity index (χ4n) is 5.64. The molecule has 202 valence electrons. The van der Waals surface area contributed by atoms with E-state index in [-0.39, 0.29) is 12.2 Å². The monoisotopic (exact) mass is 539 g/mol. The van der Waals surface area contributed by atoms with Crippen LogP contribution in [0, 0.1) is 11.6 Å². The molecule has 1 atom stereocenters. The van der Waals surface area contributed by atoms with Crippen LogP contribution in [0.15, 0.2) is 91.4 Å². The van der Waals surface area contributed by atoms with E-state index in [1.165, 1.54) is 12.1 Å². The number of rotatable bonds is 7. The van der Waals surface area contributed by atoms with Crippen LogP contribution in [0.4, 0.5) is 13.6 Å². The third-order valence-electron chi connectivity index (χ3n) is 7.51. The summed E-state index contributed by atoms with van der Waals surface area (Å²) in [6.45, 7) is 0.449. The number of hydrogen-bond donors (Lipinski definition) is 1. The highest BCUT2D eigenvalue weighted by Crippen LogP contribution is 2.43. The van der Waals surface area contributed by atoms with Gasteiger partial charge >= 0.3 is 6.03 Å². The van der Waals surface area contributed by atoms with Crippen molar-refractivity contribution in [2.24, 2.45) is 5.73 Å². The molecule has 6 rings (SSSR count). The van der Waals surface area contributed by atoms with Gasteiger partial charge < -0.3 is 15.4 Å². The number of ether oxygens (including phenoxy) is 1. The fraction of sp³-hybridized carbons (Fsp3) is 0.194. The first kappa shape index (κ1) is 25.5. The van der Waals surface area contributed by atoms with Crippen molar-refractivity contribution in [2.75, 3.05) is 6.54 Å². The second-order valence-corrected chi connectivity index (χ2v) is 9.93. The van der Waals surface area contributed by atoms with Gasteiger partial charge in [0.2, 0.25) is 0 Å². The zero-order chi connectivity index (χ0) is 27.7. The Balaban J connectivity index is 1.37. The van der Waals surface area contributed by atoms with E-state index < -0.39 is 23.2 Å². The third kappa shape index (κ3) is 4.53. The Hall–Kier alpha value is -4.79. The van der Waals surface area contributed by atoms with E-state index in [0.717, 1.165) is 41.4 Å². The molecule has 0 spiro atoms. The molecule has 9 heteroatoms. The molecule has 1 aliphatic rings. The Morgan fingerprint density at radius 2 is 1.82 bits per heavy atom. The van der Waals surface area contributed by atoms with Crippen molar-refractivity contribution < 1.29 is 18.3 Å². The summed E-state index contributed by atoms with van der Waals surface area (Å²) in [4.78, 5) is 23.9. The summed E-state index contributed by atoms with van der Waals surface area (Å²) in [7, 11) is 0. The van der Waals surface area contributed by atoms with Crippen molar-refractivity contribution in [3.8, 4) is 17.0 Å². The number of nitrogens with zero attached hydrogens (tertiary/aromatic N) is 4. The summed E-state index contributed by atoms with van der Waals surface area (Å²) >= 11 is 0. The van der Waals surface area contributed by atoms with Gasteiger partial charge in [0.1, 0.15) is 23.7 Å². The normalized spacial score (nSPS) is 16.9. The molecule has 40 heavy (non-hydrogen) atoms. The van der Waals surface area contributed by atoms with Gasteiger partial charge in [0.05, 0.1) is 17.4 Å². The number of carbonyl (C=O) groups excluding carboxylic acids is 1. The molecule has 0 aliphatic carbocycles. The van der Waals surface area contributed by atoms with Gasteiger partial charge in [0, 0.05) is 36.5 Å². The smallest absolute Gasteiger partial charge is 0.315 e. The number of primary amides is 1. The van der Waals surface area contributed by atoms with E-state index in [9.17, 15) is 13.6 Å².